The summed E-state index contributed by atoms with van der Waals surface area (Å²) in [5.41, 5.74) is 1.08. The normalized spacial score (nSPS) is 9.44. The first-order chi connectivity index (χ1) is 7.83. The summed E-state index contributed by atoms with van der Waals surface area (Å²) in [6.45, 7) is 1.35. The van der Waals surface area contributed by atoms with Gasteiger partial charge in [-0.25, -0.2) is 0 Å². The molecule has 0 spiro atoms. The minimum absolute atomic E-state index is 0.0539. The number of rotatable bonds is 6. The zero-order chi connectivity index (χ0) is 11.6. The van der Waals surface area contributed by atoms with Crippen LogP contribution >= 0.6 is 0 Å². The van der Waals surface area contributed by atoms with E-state index in [-0.39, 0.29) is 12.5 Å². The molecule has 0 saturated carbocycles. The van der Waals surface area contributed by atoms with Gasteiger partial charge in [0.05, 0.1) is 12.6 Å². The van der Waals surface area contributed by atoms with Crippen LogP contribution in [-0.4, -0.2) is 19.0 Å². The maximum Gasteiger partial charge on any atom is 0.234 e. The van der Waals surface area contributed by atoms with E-state index in [1.165, 1.54) is 0 Å². The van der Waals surface area contributed by atoms with Crippen molar-refractivity contribution in [3.8, 4) is 6.07 Å². The summed E-state index contributed by atoms with van der Waals surface area (Å²) in [5, 5.41) is 14.0. The average molecular weight is 217 g/mol. The van der Waals surface area contributed by atoms with Gasteiger partial charge in [0.15, 0.2) is 0 Å². The third-order valence-corrected chi connectivity index (χ3v) is 2.03. The summed E-state index contributed by atoms with van der Waals surface area (Å²) in [4.78, 5) is 11.3. The molecule has 0 atom stereocenters. The Morgan fingerprint density at radius 1 is 1.31 bits per heavy atom. The third-order valence-electron chi connectivity index (χ3n) is 2.03. The fraction of sp³-hybridized carbons (Fsp3) is 0.333. The van der Waals surface area contributed by atoms with Crippen molar-refractivity contribution in [2.24, 2.45) is 0 Å². The van der Waals surface area contributed by atoms with Crippen LogP contribution in [0.5, 0.6) is 0 Å². The number of benzene rings is 1. The second-order valence-corrected chi connectivity index (χ2v) is 3.35. The minimum atomic E-state index is -0.0539. The molecule has 0 bridgehead atoms. The van der Waals surface area contributed by atoms with Crippen molar-refractivity contribution in [2.75, 3.05) is 13.1 Å². The SMILES string of the molecule is N#CCCNCC(=O)NCc1ccccc1. The van der Waals surface area contributed by atoms with Crippen LogP contribution in [0.2, 0.25) is 0 Å². The lowest BCUT2D eigenvalue weighted by Crippen LogP contribution is -2.33. The Morgan fingerprint density at radius 3 is 2.75 bits per heavy atom. The first-order valence-electron chi connectivity index (χ1n) is 5.21. The highest BCUT2D eigenvalue weighted by molar-refractivity contribution is 5.77. The fourth-order valence-corrected chi connectivity index (χ4v) is 1.21. The zero-order valence-corrected chi connectivity index (χ0v) is 9.07. The number of carbonyl (C=O) groups excluding carboxylic acids is 1. The van der Waals surface area contributed by atoms with Crippen molar-refractivity contribution >= 4 is 5.91 Å². The lowest BCUT2D eigenvalue weighted by Gasteiger charge is -2.05. The van der Waals surface area contributed by atoms with E-state index in [4.69, 9.17) is 5.26 Å². The van der Waals surface area contributed by atoms with Crippen molar-refractivity contribution in [1.29, 1.82) is 5.26 Å². The maximum atomic E-state index is 11.3. The highest BCUT2D eigenvalue weighted by atomic mass is 16.1. The summed E-state index contributed by atoms with van der Waals surface area (Å²) in [6, 6.07) is 11.7. The van der Waals surface area contributed by atoms with Crippen molar-refractivity contribution in [1.82, 2.24) is 10.6 Å². The highest BCUT2D eigenvalue weighted by Gasteiger charge is 1.99. The van der Waals surface area contributed by atoms with E-state index in [2.05, 4.69) is 10.6 Å². The van der Waals surface area contributed by atoms with E-state index in [0.29, 0.717) is 19.5 Å². The van der Waals surface area contributed by atoms with Crippen LogP contribution < -0.4 is 10.6 Å². The van der Waals surface area contributed by atoms with Crippen LogP contribution in [-0.2, 0) is 11.3 Å². The van der Waals surface area contributed by atoms with Gasteiger partial charge >= 0.3 is 0 Å². The number of carbonyl (C=O) groups is 1. The molecule has 0 saturated heterocycles. The molecular formula is C12H15N3O. The Labute approximate surface area is 95.3 Å². The number of nitrogens with zero attached hydrogens (tertiary/aromatic N) is 1. The Bertz CT molecular complexity index is 356. The largest absolute Gasteiger partial charge is 0.351 e. The van der Waals surface area contributed by atoms with Gasteiger partial charge in [-0.05, 0) is 5.56 Å². The molecule has 1 amide bonds. The zero-order valence-electron chi connectivity index (χ0n) is 9.07. The number of amides is 1. The van der Waals surface area contributed by atoms with Crippen LogP contribution in [0.25, 0.3) is 0 Å². The molecule has 16 heavy (non-hydrogen) atoms. The van der Waals surface area contributed by atoms with Crippen LogP contribution in [0.1, 0.15) is 12.0 Å². The molecule has 4 nitrogen and oxygen atoms in total. The lowest BCUT2D eigenvalue weighted by atomic mass is 10.2. The second-order valence-electron chi connectivity index (χ2n) is 3.35. The van der Waals surface area contributed by atoms with Gasteiger partial charge in [0.25, 0.3) is 0 Å². The van der Waals surface area contributed by atoms with E-state index in [0.717, 1.165) is 5.56 Å². The molecule has 0 aliphatic carbocycles. The first kappa shape index (κ1) is 12.2. The quantitative estimate of drug-likeness (QED) is 0.693. The second kappa shape index (κ2) is 7.43. The molecule has 1 rings (SSSR count). The monoisotopic (exact) mass is 217 g/mol. The molecule has 0 unspecified atom stereocenters. The lowest BCUT2D eigenvalue weighted by molar-refractivity contribution is -0.120. The molecule has 0 fully saturated rings. The molecule has 1 aromatic carbocycles. The van der Waals surface area contributed by atoms with Gasteiger partial charge in [-0.15, -0.1) is 0 Å². The summed E-state index contributed by atoms with van der Waals surface area (Å²) in [7, 11) is 0. The smallest absolute Gasteiger partial charge is 0.234 e. The van der Waals surface area contributed by atoms with E-state index in [1.807, 2.05) is 36.4 Å². The third kappa shape index (κ3) is 5.13. The van der Waals surface area contributed by atoms with Crippen LogP contribution in [0.3, 0.4) is 0 Å². The molecule has 0 aliphatic heterocycles. The van der Waals surface area contributed by atoms with Gasteiger partial charge in [0, 0.05) is 19.5 Å². The minimum Gasteiger partial charge on any atom is -0.351 e. The van der Waals surface area contributed by atoms with Gasteiger partial charge in [-0.3, -0.25) is 4.79 Å². The van der Waals surface area contributed by atoms with Gasteiger partial charge < -0.3 is 10.6 Å². The molecule has 2 N–H and O–H groups in total. The molecule has 0 radical (unpaired) electrons. The summed E-state index contributed by atoms with van der Waals surface area (Å²) in [5.74, 6) is -0.0539. The van der Waals surface area contributed by atoms with Crippen LogP contribution in [0.15, 0.2) is 30.3 Å². The van der Waals surface area contributed by atoms with E-state index >= 15 is 0 Å². The van der Waals surface area contributed by atoms with E-state index in [9.17, 15) is 4.79 Å². The Kier molecular flexibility index (Phi) is 5.67. The number of hydrogen-bond acceptors (Lipinski definition) is 3. The van der Waals surface area contributed by atoms with Crippen molar-refractivity contribution in [3.63, 3.8) is 0 Å². The van der Waals surface area contributed by atoms with E-state index < -0.39 is 0 Å². The topological polar surface area (TPSA) is 64.9 Å². The molecule has 0 aromatic heterocycles. The van der Waals surface area contributed by atoms with Crippen molar-refractivity contribution < 1.29 is 4.79 Å². The number of hydrogen-bond donors (Lipinski definition) is 2. The first-order valence-corrected chi connectivity index (χ1v) is 5.21. The van der Waals surface area contributed by atoms with Gasteiger partial charge in [-0.1, -0.05) is 30.3 Å². The van der Waals surface area contributed by atoms with Gasteiger partial charge in [0.2, 0.25) is 5.91 Å². The summed E-state index contributed by atoms with van der Waals surface area (Å²) in [6.07, 6.45) is 0.423. The molecule has 0 heterocycles. The molecule has 0 aliphatic rings. The predicted octanol–water partition coefficient (Wildman–Crippen LogP) is 0.806. The van der Waals surface area contributed by atoms with Gasteiger partial charge in [0.1, 0.15) is 0 Å². The molecular weight excluding hydrogens is 202 g/mol. The Balaban J connectivity index is 2.14. The van der Waals surface area contributed by atoms with Crippen LogP contribution in [0, 0.1) is 11.3 Å². The van der Waals surface area contributed by atoms with Crippen molar-refractivity contribution in [2.45, 2.75) is 13.0 Å². The maximum absolute atomic E-state index is 11.3. The van der Waals surface area contributed by atoms with Gasteiger partial charge in [-0.2, -0.15) is 5.26 Å². The Morgan fingerprint density at radius 2 is 2.06 bits per heavy atom. The van der Waals surface area contributed by atoms with E-state index in [1.54, 1.807) is 0 Å². The van der Waals surface area contributed by atoms with Crippen molar-refractivity contribution in [3.05, 3.63) is 35.9 Å². The molecule has 1 aromatic rings. The fourth-order valence-electron chi connectivity index (χ4n) is 1.21. The van der Waals surface area contributed by atoms with Crippen LogP contribution in [0.4, 0.5) is 0 Å². The summed E-state index contributed by atoms with van der Waals surface area (Å²) < 4.78 is 0. The summed E-state index contributed by atoms with van der Waals surface area (Å²) >= 11 is 0. The predicted molar refractivity (Wildman–Crippen MR) is 61.4 cm³/mol. The molecule has 84 valence electrons. The number of nitriles is 1. The highest BCUT2D eigenvalue weighted by Crippen LogP contribution is 1.96. The molecule has 4 heteroatoms. The average Bonchev–Trinajstić information content (AvgIpc) is 2.33. The Hall–Kier alpha value is -1.86. The number of nitrogens with one attached hydrogen (secondary N) is 2. The standard InChI is InChI=1S/C12H15N3O/c13-7-4-8-14-10-12(16)15-9-11-5-2-1-3-6-11/h1-3,5-6,14H,4,8-10H2,(H,15,16).